The highest BCUT2D eigenvalue weighted by atomic mass is 19.4. The van der Waals surface area contributed by atoms with E-state index in [-0.39, 0.29) is 12.5 Å². The fraction of sp³-hybridized carbons (Fsp3) is 0.222. The van der Waals surface area contributed by atoms with Crippen molar-refractivity contribution < 1.29 is 31.1 Å². The second-order valence-electron chi connectivity index (χ2n) is 3.06. The Bertz CT molecular complexity index is 390. The SMILES string of the molecule is O=CNc1cc(C(F)(F)F)cc(C(F)(F)F)c1. The minimum Gasteiger partial charge on any atom is -0.329 e. The van der Waals surface area contributed by atoms with Crippen molar-refractivity contribution in [1.82, 2.24) is 0 Å². The molecule has 0 spiro atoms. The Labute approximate surface area is 91.2 Å². The molecule has 1 aromatic carbocycles. The number of halogens is 6. The van der Waals surface area contributed by atoms with Crippen molar-refractivity contribution in [2.45, 2.75) is 12.4 Å². The van der Waals surface area contributed by atoms with Crippen molar-refractivity contribution in [1.29, 1.82) is 0 Å². The van der Waals surface area contributed by atoms with Crippen LogP contribution in [-0.4, -0.2) is 6.41 Å². The van der Waals surface area contributed by atoms with Crippen molar-refractivity contribution in [3.63, 3.8) is 0 Å². The number of amides is 1. The van der Waals surface area contributed by atoms with E-state index in [9.17, 15) is 31.1 Å². The van der Waals surface area contributed by atoms with E-state index in [1.807, 2.05) is 0 Å². The zero-order valence-electron chi connectivity index (χ0n) is 7.99. The standard InChI is InChI=1S/C9H5F6NO/c10-8(11,12)5-1-6(9(13,14)15)3-7(2-5)16-4-17/h1-4H,(H,16,17). The highest BCUT2D eigenvalue weighted by Gasteiger charge is 2.36. The first-order valence-electron chi connectivity index (χ1n) is 4.14. The number of anilines is 1. The highest BCUT2D eigenvalue weighted by Crippen LogP contribution is 2.37. The molecule has 8 heteroatoms. The summed E-state index contributed by atoms with van der Waals surface area (Å²) < 4.78 is 73.8. The largest absolute Gasteiger partial charge is 0.416 e. The summed E-state index contributed by atoms with van der Waals surface area (Å²) in [4.78, 5) is 10.0. The average molecular weight is 257 g/mol. The first kappa shape index (κ1) is 13.3. The van der Waals surface area contributed by atoms with Crippen LogP contribution in [0.25, 0.3) is 0 Å². The Hall–Kier alpha value is -1.73. The maximum Gasteiger partial charge on any atom is 0.416 e. The number of benzene rings is 1. The van der Waals surface area contributed by atoms with Crippen molar-refractivity contribution >= 4 is 12.1 Å². The topological polar surface area (TPSA) is 29.1 Å². The fourth-order valence-electron chi connectivity index (χ4n) is 1.11. The molecule has 1 N–H and O–H groups in total. The lowest BCUT2D eigenvalue weighted by Crippen LogP contribution is -2.12. The normalized spacial score (nSPS) is 12.4. The van der Waals surface area contributed by atoms with Gasteiger partial charge in [-0.05, 0) is 18.2 Å². The van der Waals surface area contributed by atoms with Gasteiger partial charge >= 0.3 is 12.4 Å². The van der Waals surface area contributed by atoms with E-state index in [2.05, 4.69) is 0 Å². The molecule has 17 heavy (non-hydrogen) atoms. The molecule has 0 aliphatic heterocycles. The van der Waals surface area contributed by atoms with Gasteiger partial charge in [-0.1, -0.05) is 0 Å². The van der Waals surface area contributed by atoms with Crippen LogP contribution in [0.5, 0.6) is 0 Å². The van der Waals surface area contributed by atoms with Crippen LogP contribution in [0.2, 0.25) is 0 Å². The van der Waals surface area contributed by atoms with E-state index < -0.39 is 29.2 Å². The van der Waals surface area contributed by atoms with Crippen molar-refractivity contribution in [2.75, 3.05) is 5.32 Å². The number of rotatable bonds is 2. The molecule has 0 aromatic heterocycles. The van der Waals surface area contributed by atoms with E-state index in [0.717, 1.165) is 0 Å². The van der Waals surface area contributed by atoms with Crippen molar-refractivity contribution in [2.24, 2.45) is 0 Å². The van der Waals surface area contributed by atoms with Crippen LogP contribution in [0.4, 0.5) is 32.0 Å². The van der Waals surface area contributed by atoms with Gasteiger partial charge in [-0.3, -0.25) is 4.79 Å². The lowest BCUT2D eigenvalue weighted by molar-refractivity contribution is -0.143. The average Bonchev–Trinajstić information content (AvgIpc) is 2.15. The summed E-state index contributed by atoms with van der Waals surface area (Å²) in [6.45, 7) is 0. The number of nitrogens with one attached hydrogen (secondary N) is 1. The van der Waals surface area contributed by atoms with E-state index >= 15 is 0 Å². The summed E-state index contributed by atoms with van der Waals surface area (Å²) in [5.74, 6) is 0. The molecule has 0 heterocycles. The van der Waals surface area contributed by atoms with Crippen LogP contribution >= 0.6 is 0 Å². The molecule has 0 fully saturated rings. The number of alkyl halides is 6. The van der Waals surface area contributed by atoms with Crippen LogP contribution < -0.4 is 5.32 Å². The van der Waals surface area contributed by atoms with Gasteiger partial charge in [0.25, 0.3) is 0 Å². The van der Waals surface area contributed by atoms with Gasteiger partial charge in [-0.2, -0.15) is 26.3 Å². The first-order chi connectivity index (χ1) is 7.64. The minimum absolute atomic E-state index is 0.00432. The summed E-state index contributed by atoms with van der Waals surface area (Å²) in [6, 6.07) is 0.823. The van der Waals surface area contributed by atoms with Crippen LogP contribution in [0.1, 0.15) is 11.1 Å². The zero-order chi connectivity index (χ0) is 13.3. The number of carbonyl (C=O) groups excluding carboxylic acids is 1. The van der Waals surface area contributed by atoms with E-state index in [1.165, 1.54) is 0 Å². The van der Waals surface area contributed by atoms with E-state index in [4.69, 9.17) is 0 Å². The van der Waals surface area contributed by atoms with Gasteiger partial charge in [-0.25, -0.2) is 0 Å². The summed E-state index contributed by atoms with van der Waals surface area (Å²) in [7, 11) is 0. The second kappa shape index (κ2) is 4.27. The maximum atomic E-state index is 12.3. The summed E-state index contributed by atoms with van der Waals surface area (Å²) >= 11 is 0. The predicted molar refractivity (Wildman–Crippen MR) is 46.1 cm³/mol. The minimum atomic E-state index is -4.92. The number of hydrogen-bond donors (Lipinski definition) is 1. The molecule has 0 unspecified atom stereocenters. The second-order valence-corrected chi connectivity index (χ2v) is 3.06. The number of carbonyl (C=O) groups is 1. The first-order valence-corrected chi connectivity index (χ1v) is 4.14. The third kappa shape index (κ3) is 3.36. The monoisotopic (exact) mass is 257 g/mol. The molecule has 94 valence electrons. The molecular formula is C9H5F6NO. The lowest BCUT2D eigenvalue weighted by Gasteiger charge is -2.13. The Balaban J connectivity index is 3.34. The fourth-order valence-corrected chi connectivity index (χ4v) is 1.11. The Morgan fingerprint density at radius 1 is 0.882 bits per heavy atom. The lowest BCUT2D eigenvalue weighted by atomic mass is 10.1. The highest BCUT2D eigenvalue weighted by molar-refractivity contribution is 5.72. The molecule has 0 aliphatic rings. The molecule has 0 radical (unpaired) electrons. The van der Waals surface area contributed by atoms with Gasteiger partial charge in [0.2, 0.25) is 6.41 Å². The van der Waals surface area contributed by atoms with Crippen molar-refractivity contribution in [3.8, 4) is 0 Å². The molecular weight excluding hydrogens is 252 g/mol. The van der Waals surface area contributed by atoms with E-state index in [0.29, 0.717) is 12.1 Å². The predicted octanol–water partition coefficient (Wildman–Crippen LogP) is 3.29. The summed E-state index contributed by atoms with van der Waals surface area (Å²) in [5.41, 5.74) is -3.52. The quantitative estimate of drug-likeness (QED) is 0.639. The third-order valence-electron chi connectivity index (χ3n) is 1.81. The maximum absolute atomic E-state index is 12.3. The molecule has 0 saturated heterocycles. The smallest absolute Gasteiger partial charge is 0.329 e. The van der Waals surface area contributed by atoms with Crippen LogP contribution in [-0.2, 0) is 17.1 Å². The molecule has 2 nitrogen and oxygen atoms in total. The van der Waals surface area contributed by atoms with Gasteiger partial charge < -0.3 is 5.32 Å². The summed E-state index contributed by atoms with van der Waals surface area (Å²) in [6.07, 6.45) is -9.84. The van der Waals surface area contributed by atoms with Crippen LogP contribution in [0.15, 0.2) is 18.2 Å². The molecule has 1 amide bonds. The molecule has 1 rings (SSSR count). The molecule has 0 saturated carbocycles. The van der Waals surface area contributed by atoms with Gasteiger partial charge in [0.1, 0.15) is 0 Å². The van der Waals surface area contributed by atoms with Gasteiger partial charge in [0.15, 0.2) is 0 Å². The molecule has 0 bridgehead atoms. The third-order valence-corrected chi connectivity index (χ3v) is 1.81. The molecule has 1 aromatic rings. The van der Waals surface area contributed by atoms with Gasteiger partial charge in [0, 0.05) is 5.69 Å². The Morgan fingerprint density at radius 3 is 1.59 bits per heavy atom. The number of hydrogen-bond acceptors (Lipinski definition) is 1. The van der Waals surface area contributed by atoms with Crippen LogP contribution in [0.3, 0.4) is 0 Å². The molecule has 0 atom stereocenters. The van der Waals surface area contributed by atoms with Crippen molar-refractivity contribution in [3.05, 3.63) is 29.3 Å². The Kier molecular flexibility index (Phi) is 3.35. The van der Waals surface area contributed by atoms with Crippen LogP contribution in [0, 0.1) is 0 Å². The van der Waals surface area contributed by atoms with Gasteiger partial charge in [-0.15, -0.1) is 0 Å². The zero-order valence-corrected chi connectivity index (χ0v) is 7.99. The molecule has 0 aliphatic carbocycles. The van der Waals surface area contributed by atoms with E-state index in [1.54, 1.807) is 5.32 Å². The van der Waals surface area contributed by atoms with Gasteiger partial charge in [0.05, 0.1) is 11.1 Å². The Morgan fingerprint density at radius 2 is 1.29 bits per heavy atom. The summed E-state index contributed by atoms with van der Waals surface area (Å²) in [5, 5.41) is 1.75.